The van der Waals surface area contributed by atoms with Gasteiger partial charge in [0.15, 0.2) is 5.13 Å². The monoisotopic (exact) mass is 552 g/mol. The van der Waals surface area contributed by atoms with E-state index in [4.69, 9.17) is 0 Å². The van der Waals surface area contributed by atoms with Crippen LogP contribution in [-0.2, 0) is 6.67 Å². The van der Waals surface area contributed by atoms with Crippen molar-refractivity contribution in [2.24, 2.45) is 0 Å². The number of hydrogen-bond donors (Lipinski definition) is 4. The van der Waals surface area contributed by atoms with Crippen molar-refractivity contribution in [1.82, 2.24) is 9.88 Å². The first-order chi connectivity index (χ1) is 18.9. The molecule has 206 valence electrons. The Bertz CT molecular complexity index is 1340. The summed E-state index contributed by atoms with van der Waals surface area (Å²) >= 11 is 1.31. The molecule has 1 saturated heterocycles. The molecule has 0 atom stereocenters. The fourth-order valence-electron chi connectivity index (χ4n) is 4.51. The molecule has 0 radical (unpaired) electrons. The lowest BCUT2D eigenvalue weighted by atomic mass is 10.1. The van der Waals surface area contributed by atoms with Gasteiger partial charge in [-0.2, -0.15) is 0 Å². The zero-order valence-corrected chi connectivity index (χ0v) is 22.7. The molecule has 0 unspecified atom stereocenters. The fourth-order valence-corrected chi connectivity index (χ4v) is 5.29. The first-order valence-electron chi connectivity index (χ1n) is 13.2. The number of aliphatic hydroxyl groups is 1. The molecule has 1 aliphatic heterocycles. The summed E-state index contributed by atoms with van der Waals surface area (Å²) in [6.45, 7) is 5.01. The molecule has 4 N–H and O–H groups in total. The minimum absolute atomic E-state index is 0.121. The van der Waals surface area contributed by atoms with Gasteiger partial charge in [0.25, 0.3) is 11.8 Å². The van der Waals surface area contributed by atoms with Crippen LogP contribution in [0.15, 0.2) is 42.6 Å². The normalized spacial score (nSPS) is 15.7. The highest BCUT2D eigenvalue weighted by atomic mass is 32.1. The zero-order chi connectivity index (χ0) is 27.4. The molecule has 2 aromatic carbocycles. The molecule has 39 heavy (non-hydrogen) atoms. The van der Waals surface area contributed by atoms with E-state index in [2.05, 4.69) is 30.7 Å². The number of alkyl halides is 1. The fraction of sp³-hybridized carbons (Fsp3) is 0.393. The number of carbonyl (C=O) groups is 2. The summed E-state index contributed by atoms with van der Waals surface area (Å²) in [6, 6.07) is 10.9. The molecule has 1 aromatic heterocycles. The Hall–Kier alpha value is -3.54. The van der Waals surface area contributed by atoms with Crippen LogP contribution in [0.2, 0.25) is 0 Å². The number of piperazine rings is 1. The summed E-state index contributed by atoms with van der Waals surface area (Å²) in [5, 5.41) is 19.0. The van der Waals surface area contributed by atoms with E-state index in [0.29, 0.717) is 40.0 Å². The number of aliphatic hydroxyl groups excluding tert-OH is 1. The highest BCUT2D eigenvalue weighted by Gasteiger charge is 2.23. The molecule has 1 aliphatic carbocycles. The van der Waals surface area contributed by atoms with Gasteiger partial charge >= 0.3 is 0 Å². The molecule has 3 aromatic rings. The molecule has 0 bridgehead atoms. The molecule has 2 heterocycles. The summed E-state index contributed by atoms with van der Waals surface area (Å²) in [5.41, 5.74) is 3.56. The first-order valence-corrected chi connectivity index (χ1v) is 14.0. The Kier molecular flexibility index (Phi) is 8.39. The van der Waals surface area contributed by atoms with E-state index in [9.17, 15) is 19.1 Å². The van der Waals surface area contributed by atoms with Gasteiger partial charge in [0, 0.05) is 61.4 Å². The van der Waals surface area contributed by atoms with Crippen LogP contribution in [0.1, 0.15) is 44.0 Å². The van der Waals surface area contributed by atoms with Crippen molar-refractivity contribution in [2.45, 2.75) is 32.5 Å². The van der Waals surface area contributed by atoms with Crippen LogP contribution in [0, 0.1) is 6.92 Å². The molecule has 0 spiro atoms. The van der Waals surface area contributed by atoms with Crippen molar-refractivity contribution >= 4 is 45.3 Å². The van der Waals surface area contributed by atoms with Crippen molar-refractivity contribution < 1.29 is 19.1 Å². The molecule has 11 heteroatoms. The first kappa shape index (κ1) is 27.0. The van der Waals surface area contributed by atoms with E-state index in [1.165, 1.54) is 11.3 Å². The van der Waals surface area contributed by atoms with Crippen molar-refractivity contribution in [2.75, 3.05) is 60.2 Å². The Balaban J connectivity index is 1.26. The van der Waals surface area contributed by atoms with Crippen molar-refractivity contribution in [1.29, 1.82) is 0 Å². The SMILES string of the molecule is Cc1ccc(NC(=O)c2cc(CF)cc(N3CCN(CCO)CC3)c2)cc1NC(=O)c1cnc(NC2CC2)s1. The third-order valence-electron chi connectivity index (χ3n) is 6.93. The van der Waals surface area contributed by atoms with E-state index in [1.807, 2.05) is 13.0 Å². The predicted octanol–water partition coefficient (Wildman–Crippen LogP) is 4.11. The number of aryl methyl sites for hydroxylation is 1. The summed E-state index contributed by atoms with van der Waals surface area (Å²) in [4.78, 5) is 35.1. The maximum absolute atomic E-state index is 13.7. The van der Waals surface area contributed by atoms with Gasteiger partial charge in [-0.3, -0.25) is 14.5 Å². The minimum Gasteiger partial charge on any atom is -0.395 e. The average molecular weight is 553 g/mol. The van der Waals surface area contributed by atoms with Crippen LogP contribution < -0.4 is 20.9 Å². The lowest BCUT2D eigenvalue weighted by Crippen LogP contribution is -2.47. The standard InChI is InChI=1S/C28H33FN6O3S/c1-18-2-3-22(15-24(18)33-27(38)25-17-30-28(39-25)32-21-4-5-21)31-26(37)20-12-19(16-29)13-23(14-20)35-8-6-34(7-9-35)10-11-36/h2-3,12-15,17,21,36H,4-11,16H2,1H3,(H,30,32)(H,31,37)(H,33,38). The van der Waals surface area contributed by atoms with E-state index in [-0.39, 0.29) is 18.4 Å². The van der Waals surface area contributed by atoms with Crippen molar-refractivity contribution in [3.05, 3.63) is 64.2 Å². The van der Waals surface area contributed by atoms with E-state index in [0.717, 1.165) is 55.4 Å². The largest absolute Gasteiger partial charge is 0.395 e. The lowest BCUT2D eigenvalue weighted by molar-refractivity contribution is 0.102. The number of β-amino-alcohol motifs (C(OH)–C–C–N with tert-alkyl or cyclic N) is 1. The Labute approximate surface area is 231 Å². The summed E-state index contributed by atoms with van der Waals surface area (Å²) in [5.74, 6) is -0.618. The van der Waals surface area contributed by atoms with E-state index >= 15 is 0 Å². The van der Waals surface area contributed by atoms with Crippen LogP contribution in [-0.4, -0.2) is 72.2 Å². The second kappa shape index (κ2) is 12.1. The highest BCUT2D eigenvalue weighted by Crippen LogP contribution is 2.29. The molecule has 2 amide bonds. The zero-order valence-electron chi connectivity index (χ0n) is 21.9. The van der Waals surface area contributed by atoms with E-state index in [1.54, 1.807) is 36.5 Å². The molecule has 1 saturated carbocycles. The number of benzene rings is 2. The number of rotatable bonds is 10. The summed E-state index contributed by atoms with van der Waals surface area (Å²) < 4.78 is 13.7. The molecular formula is C28H33FN6O3S. The van der Waals surface area contributed by atoms with Gasteiger partial charge < -0.3 is 26.0 Å². The molecule has 2 fully saturated rings. The highest BCUT2D eigenvalue weighted by molar-refractivity contribution is 7.17. The summed E-state index contributed by atoms with van der Waals surface area (Å²) in [6.07, 6.45) is 3.81. The molecule has 2 aliphatic rings. The maximum Gasteiger partial charge on any atom is 0.267 e. The van der Waals surface area contributed by atoms with Gasteiger partial charge in [-0.1, -0.05) is 17.4 Å². The number of anilines is 4. The third kappa shape index (κ3) is 6.92. The van der Waals surface area contributed by atoms with Gasteiger partial charge in [0.05, 0.1) is 12.8 Å². The van der Waals surface area contributed by atoms with Gasteiger partial charge in [0.1, 0.15) is 11.6 Å². The van der Waals surface area contributed by atoms with Gasteiger partial charge in [-0.15, -0.1) is 0 Å². The average Bonchev–Trinajstić information content (AvgIpc) is 3.64. The van der Waals surface area contributed by atoms with Crippen molar-refractivity contribution in [3.63, 3.8) is 0 Å². The number of carbonyl (C=O) groups excluding carboxylic acids is 2. The van der Waals surface area contributed by atoms with Crippen LogP contribution in [0.4, 0.5) is 26.6 Å². The maximum atomic E-state index is 13.7. The quantitative estimate of drug-likeness (QED) is 0.300. The molecular weight excluding hydrogens is 519 g/mol. The number of nitrogens with one attached hydrogen (secondary N) is 3. The third-order valence-corrected chi connectivity index (χ3v) is 7.85. The van der Waals surface area contributed by atoms with Crippen LogP contribution in [0.5, 0.6) is 0 Å². The smallest absolute Gasteiger partial charge is 0.267 e. The Morgan fingerprint density at radius 3 is 2.59 bits per heavy atom. The number of halogens is 1. The Morgan fingerprint density at radius 1 is 1.08 bits per heavy atom. The topological polar surface area (TPSA) is 110 Å². The van der Waals surface area contributed by atoms with Crippen molar-refractivity contribution in [3.8, 4) is 0 Å². The number of hydrogen-bond acceptors (Lipinski definition) is 8. The number of aromatic nitrogens is 1. The number of amides is 2. The second-order valence-corrected chi connectivity index (χ2v) is 11.0. The summed E-state index contributed by atoms with van der Waals surface area (Å²) in [7, 11) is 0. The Morgan fingerprint density at radius 2 is 1.87 bits per heavy atom. The van der Waals surface area contributed by atoms with Gasteiger partial charge in [-0.25, -0.2) is 9.37 Å². The number of thiazole rings is 1. The molecule has 9 nitrogen and oxygen atoms in total. The minimum atomic E-state index is -0.672. The number of nitrogens with zero attached hydrogens (tertiary/aromatic N) is 3. The second-order valence-electron chi connectivity index (χ2n) is 9.96. The van der Waals surface area contributed by atoms with E-state index < -0.39 is 6.67 Å². The molecule has 5 rings (SSSR count). The van der Waals surface area contributed by atoms with Crippen LogP contribution in [0.3, 0.4) is 0 Å². The van der Waals surface area contributed by atoms with Crippen LogP contribution in [0.25, 0.3) is 0 Å². The van der Waals surface area contributed by atoms with Gasteiger partial charge in [0.2, 0.25) is 0 Å². The lowest BCUT2D eigenvalue weighted by Gasteiger charge is -2.36. The van der Waals surface area contributed by atoms with Crippen LogP contribution >= 0.6 is 11.3 Å². The van der Waals surface area contributed by atoms with Gasteiger partial charge in [-0.05, 0) is 61.2 Å². The predicted molar refractivity (Wildman–Crippen MR) is 153 cm³/mol.